The highest BCUT2D eigenvalue weighted by atomic mass is 16.5. The molecule has 2 aromatic rings. The van der Waals surface area contributed by atoms with Gasteiger partial charge in [-0.25, -0.2) is 9.78 Å². The van der Waals surface area contributed by atoms with Gasteiger partial charge in [0.2, 0.25) is 0 Å². The lowest BCUT2D eigenvalue weighted by Gasteiger charge is -2.13. The van der Waals surface area contributed by atoms with Crippen LogP contribution in [0, 0.1) is 0 Å². The average molecular weight is 295 g/mol. The largest absolute Gasteiger partial charge is 0.487 e. The summed E-state index contributed by atoms with van der Waals surface area (Å²) in [6.07, 6.45) is 1.11. The molecule has 7 nitrogen and oxygen atoms in total. The lowest BCUT2D eigenvalue weighted by atomic mass is 10.2. The fraction of sp³-hybridized carbons (Fsp3) is 0.429. The summed E-state index contributed by atoms with van der Waals surface area (Å²) in [6, 6.07) is 3.20. The van der Waals surface area contributed by atoms with Gasteiger partial charge in [-0.3, -0.25) is 0 Å². The zero-order valence-electron chi connectivity index (χ0n) is 12.0. The van der Waals surface area contributed by atoms with Gasteiger partial charge in [-0.2, -0.15) is 0 Å². The van der Waals surface area contributed by atoms with Crippen LogP contribution in [0.1, 0.15) is 0 Å². The first-order valence-corrected chi connectivity index (χ1v) is 6.41. The molecule has 0 radical (unpaired) electrons. The van der Waals surface area contributed by atoms with Crippen molar-refractivity contribution in [3.05, 3.63) is 28.9 Å². The zero-order valence-corrected chi connectivity index (χ0v) is 12.0. The number of fused-ring (bicyclic) bond motifs is 1. The molecule has 0 aliphatic carbocycles. The van der Waals surface area contributed by atoms with E-state index in [0.29, 0.717) is 48.8 Å². The van der Waals surface area contributed by atoms with Crippen LogP contribution >= 0.6 is 0 Å². The third kappa shape index (κ3) is 3.93. The molecule has 0 saturated carbocycles. The molecule has 0 unspecified atom stereocenters. The SMILES string of the molecule is COCCOc1cc2ncoc(=O)c2cc1OCCOC. The lowest BCUT2D eigenvalue weighted by molar-refractivity contribution is 0.132. The van der Waals surface area contributed by atoms with Crippen LogP contribution in [0.15, 0.2) is 27.7 Å². The van der Waals surface area contributed by atoms with E-state index in [1.807, 2.05) is 0 Å². The fourth-order valence-corrected chi connectivity index (χ4v) is 1.71. The quantitative estimate of drug-likeness (QED) is 0.678. The van der Waals surface area contributed by atoms with Crippen molar-refractivity contribution in [1.82, 2.24) is 4.98 Å². The third-order valence-corrected chi connectivity index (χ3v) is 2.72. The summed E-state index contributed by atoms with van der Waals surface area (Å²) in [5.74, 6) is 0.935. The van der Waals surface area contributed by atoms with Crippen molar-refractivity contribution in [3.8, 4) is 11.5 Å². The molecule has 0 saturated heterocycles. The number of hydrogen-bond donors (Lipinski definition) is 0. The van der Waals surface area contributed by atoms with Gasteiger partial charge in [0, 0.05) is 26.4 Å². The maximum atomic E-state index is 11.7. The second kappa shape index (κ2) is 7.61. The van der Waals surface area contributed by atoms with E-state index in [1.165, 1.54) is 0 Å². The van der Waals surface area contributed by atoms with Crippen molar-refractivity contribution < 1.29 is 23.4 Å². The van der Waals surface area contributed by atoms with Gasteiger partial charge in [-0.05, 0) is 0 Å². The Labute approximate surface area is 121 Å². The second-order valence-corrected chi connectivity index (χ2v) is 4.14. The van der Waals surface area contributed by atoms with Crippen LogP contribution < -0.4 is 15.1 Å². The summed E-state index contributed by atoms with van der Waals surface area (Å²) in [6.45, 7) is 1.58. The van der Waals surface area contributed by atoms with Gasteiger partial charge in [0.25, 0.3) is 0 Å². The predicted octanol–water partition coefficient (Wildman–Crippen LogP) is 1.24. The normalized spacial score (nSPS) is 10.8. The monoisotopic (exact) mass is 295 g/mol. The Hall–Kier alpha value is -2.12. The summed E-state index contributed by atoms with van der Waals surface area (Å²) >= 11 is 0. The Morgan fingerprint density at radius 2 is 1.62 bits per heavy atom. The number of aromatic nitrogens is 1. The summed E-state index contributed by atoms with van der Waals surface area (Å²) in [4.78, 5) is 15.7. The molecule has 0 fully saturated rings. The van der Waals surface area contributed by atoms with Crippen molar-refractivity contribution in [2.24, 2.45) is 0 Å². The van der Waals surface area contributed by atoms with E-state index in [0.717, 1.165) is 6.39 Å². The van der Waals surface area contributed by atoms with E-state index in [1.54, 1.807) is 26.4 Å². The molecule has 0 N–H and O–H groups in total. The molecular weight excluding hydrogens is 278 g/mol. The molecule has 1 aromatic carbocycles. The fourth-order valence-electron chi connectivity index (χ4n) is 1.71. The van der Waals surface area contributed by atoms with E-state index < -0.39 is 5.63 Å². The van der Waals surface area contributed by atoms with E-state index in [4.69, 9.17) is 23.4 Å². The molecule has 0 bridgehead atoms. The van der Waals surface area contributed by atoms with Crippen LogP contribution in [0.3, 0.4) is 0 Å². The van der Waals surface area contributed by atoms with Gasteiger partial charge >= 0.3 is 5.63 Å². The number of nitrogens with zero attached hydrogens (tertiary/aromatic N) is 1. The minimum absolute atomic E-state index is 0.337. The van der Waals surface area contributed by atoms with Crippen molar-refractivity contribution in [2.75, 3.05) is 40.6 Å². The van der Waals surface area contributed by atoms with Gasteiger partial charge in [-0.15, -0.1) is 0 Å². The van der Waals surface area contributed by atoms with Crippen molar-refractivity contribution >= 4 is 10.9 Å². The standard InChI is InChI=1S/C14H17NO6/c1-17-3-5-19-12-7-10-11(15-9-21-14(10)16)8-13(12)20-6-4-18-2/h7-9H,3-6H2,1-2H3. The highest BCUT2D eigenvalue weighted by molar-refractivity contribution is 5.81. The highest BCUT2D eigenvalue weighted by Crippen LogP contribution is 2.30. The molecule has 7 heteroatoms. The Morgan fingerprint density at radius 1 is 1.00 bits per heavy atom. The highest BCUT2D eigenvalue weighted by Gasteiger charge is 2.11. The minimum Gasteiger partial charge on any atom is -0.487 e. The summed E-state index contributed by atoms with van der Waals surface area (Å²) in [5, 5.41) is 0.337. The average Bonchev–Trinajstić information content (AvgIpc) is 2.49. The molecule has 0 aliphatic heterocycles. The zero-order chi connectivity index (χ0) is 15.1. The van der Waals surface area contributed by atoms with Crippen molar-refractivity contribution in [3.63, 3.8) is 0 Å². The van der Waals surface area contributed by atoms with E-state index in [9.17, 15) is 4.79 Å². The molecular formula is C14H17NO6. The third-order valence-electron chi connectivity index (χ3n) is 2.72. The molecule has 21 heavy (non-hydrogen) atoms. The molecule has 1 heterocycles. The second-order valence-electron chi connectivity index (χ2n) is 4.14. The predicted molar refractivity (Wildman–Crippen MR) is 75.0 cm³/mol. The summed E-state index contributed by atoms with van der Waals surface area (Å²) in [5.41, 5.74) is 0.0118. The van der Waals surface area contributed by atoms with Crippen LogP contribution in [0.2, 0.25) is 0 Å². The van der Waals surface area contributed by atoms with Crippen LogP contribution in [0.5, 0.6) is 11.5 Å². The Balaban J connectivity index is 2.32. The first kappa shape index (κ1) is 15.3. The molecule has 0 aliphatic rings. The maximum absolute atomic E-state index is 11.7. The van der Waals surface area contributed by atoms with Crippen LogP contribution in [0.25, 0.3) is 10.9 Å². The number of hydrogen-bond acceptors (Lipinski definition) is 7. The molecule has 1 aromatic heterocycles. The van der Waals surface area contributed by atoms with Gasteiger partial charge in [-0.1, -0.05) is 0 Å². The van der Waals surface area contributed by atoms with Gasteiger partial charge in [0.1, 0.15) is 13.2 Å². The summed E-state index contributed by atoms with van der Waals surface area (Å²) in [7, 11) is 3.17. The topological polar surface area (TPSA) is 80.0 Å². The van der Waals surface area contributed by atoms with Crippen molar-refractivity contribution in [1.29, 1.82) is 0 Å². The number of ether oxygens (including phenoxy) is 4. The van der Waals surface area contributed by atoms with Crippen LogP contribution in [-0.2, 0) is 9.47 Å². The van der Waals surface area contributed by atoms with E-state index in [2.05, 4.69) is 4.98 Å². The number of rotatable bonds is 8. The van der Waals surface area contributed by atoms with Gasteiger partial charge in [0.15, 0.2) is 17.9 Å². The van der Waals surface area contributed by atoms with E-state index >= 15 is 0 Å². The van der Waals surface area contributed by atoms with Gasteiger partial charge < -0.3 is 23.4 Å². The molecule has 0 atom stereocenters. The Morgan fingerprint density at radius 3 is 2.24 bits per heavy atom. The first-order chi connectivity index (χ1) is 10.3. The maximum Gasteiger partial charge on any atom is 0.346 e. The van der Waals surface area contributed by atoms with Crippen LogP contribution in [0.4, 0.5) is 0 Å². The smallest absolute Gasteiger partial charge is 0.346 e. The van der Waals surface area contributed by atoms with Crippen LogP contribution in [-0.4, -0.2) is 45.6 Å². The Bertz CT molecular complexity index is 639. The molecule has 114 valence electrons. The molecule has 0 spiro atoms. The first-order valence-electron chi connectivity index (χ1n) is 6.41. The van der Waals surface area contributed by atoms with Gasteiger partial charge in [0.05, 0.1) is 24.1 Å². The molecule has 2 rings (SSSR count). The number of methoxy groups -OCH3 is 2. The Kier molecular flexibility index (Phi) is 5.53. The van der Waals surface area contributed by atoms with E-state index in [-0.39, 0.29) is 0 Å². The van der Waals surface area contributed by atoms with Crippen molar-refractivity contribution in [2.45, 2.75) is 0 Å². The lowest BCUT2D eigenvalue weighted by Crippen LogP contribution is -2.09. The number of benzene rings is 1. The molecule has 0 amide bonds. The summed E-state index contributed by atoms with van der Waals surface area (Å²) < 4.78 is 25.8. The minimum atomic E-state index is -0.472.